The summed E-state index contributed by atoms with van der Waals surface area (Å²) in [6, 6.07) is 13.5. The molecule has 1 aliphatic heterocycles. The van der Waals surface area contributed by atoms with Crippen LogP contribution in [0.25, 0.3) is 0 Å². The Morgan fingerprint density at radius 1 is 1.15 bits per heavy atom. The number of nitrogens with one attached hydrogen (secondary N) is 1. The molecule has 1 atom stereocenters. The van der Waals surface area contributed by atoms with Crippen LogP contribution < -0.4 is 14.8 Å². The van der Waals surface area contributed by atoms with Gasteiger partial charge in [0.2, 0.25) is 6.10 Å². The van der Waals surface area contributed by atoms with Crippen molar-refractivity contribution in [2.24, 2.45) is 0 Å². The number of amides is 1. The molecule has 2 aromatic rings. The summed E-state index contributed by atoms with van der Waals surface area (Å²) in [5.41, 5.74) is 0.512. The van der Waals surface area contributed by atoms with Crippen molar-refractivity contribution in [1.82, 2.24) is 0 Å². The molecule has 0 bridgehead atoms. The predicted octanol–water partition coefficient (Wildman–Crippen LogP) is 2.17. The van der Waals surface area contributed by atoms with Crippen LogP contribution in [0.2, 0.25) is 0 Å². The number of carbonyl (C=O) groups is 1. The molecule has 5 nitrogen and oxygen atoms in total. The Bertz CT molecular complexity index is 641. The maximum atomic E-state index is 12.1. The second kappa shape index (κ2) is 5.13. The number of anilines is 1. The smallest absolute Gasteiger partial charge is 0.269 e. The van der Waals surface area contributed by atoms with Gasteiger partial charge in [-0.25, -0.2) is 0 Å². The van der Waals surface area contributed by atoms with Crippen LogP contribution in [-0.4, -0.2) is 23.7 Å². The van der Waals surface area contributed by atoms with Crippen molar-refractivity contribution >= 4 is 11.6 Å². The zero-order chi connectivity index (χ0) is 13.9. The van der Waals surface area contributed by atoms with Gasteiger partial charge in [-0.1, -0.05) is 18.2 Å². The van der Waals surface area contributed by atoms with E-state index in [1.807, 2.05) is 12.1 Å². The van der Waals surface area contributed by atoms with E-state index in [2.05, 4.69) is 5.32 Å². The lowest BCUT2D eigenvalue weighted by Crippen LogP contribution is -2.40. The van der Waals surface area contributed by atoms with Crippen molar-refractivity contribution in [2.75, 3.05) is 11.9 Å². The molecule has 5 heteroatoms. The molecule has 0 aliphatic carbocycles. The van der Waals surface area contributed by atoms with E-state index in [0.29, 0.717) is 17.2 Å². The molecule has 0 saturated carbocycles. The van der Waals surface area contributed by atoms with Gasteiger partial charge < -0.3 is 19.9 Å². The zero-order valence-electron chi connectivity index (χ0n) is 10.6. The molecule has 20 heavy (non-hydrogen) atoms. The molecule has 1 unspecified atom stereocenters. The van der Waals surface area contributed by atoms with Crippen LogP contribution >= 0.6 is 0 Å². The molecule has 2 aromatic carbocycles. The third-order valence-corrected chi connectivity index (χ3v) is 2.91. The van der Waals surface area contributed by atoms with Gasteiger partial charge in [-0.15, -0.1) is 0 Å². The number of ether oxygens (including phenoxy) is 2. The van der Waals surface area contributed by atoms with E-state index in [4.69, 9.17) is 9.47 Å². The molecule has 1 heterocycles. The second-order valence-corrected chi connectivity index (χ2v) is 4.40. The number of fused-ring (bicyclic) bond motifs is 1. The largest absolute Gasteiger partial charge is 0.508 e. The highest BCUT2D eigenvalue weighted by Gasteiger charge is 2.27. The molecule has 0 spiro atoms. The number of carbonyl (C=O) groups excluding carboxylic acids is 1. The summed E-state index contributed by atoms with van der Waals surface area (Å²) in [6.07, 6.45) is -0.716. The first-order valence-electron chi connectivity index (χ1n) is 6.21. The van der Waals surface area contributed by atoms with Crippen LogP contribution in [0.4, 0.5) is 5.69 Å². The maximum Gasteiger partial charge on any atom is 0.269 e. The molecule has 1 aliphatic rings. The number of aromatic hydroxyl groups is 1. The molecule has 1 amide bonds. The number of hydrogen-bond donors (Lipinski definition) is 2. The summed E-state index contributed by atoms with van der Waals surface area (Å²) in [7, 11) is 0. The van der Waals surface area contributed by atoms with E-state index in [0.717, 1.165) is 0 Å². The highest BCUT2D eigenvalue weighted by atomic mass is 16.6. The molecular weight excluding hydrogens is 258 g/mol. The van der Waals surface area contributed by atoms with Crippen LogP contribution in [0.1, 0.15) is 0 Å². The molecule has 0 saturated heterocycles. The lowest BCUT2D eigenvalue weighted by Gasteiger charge is -2.25. The summed E-state index contributed by atoms with van der Waals surface area (Å²) in [4.78, 5) is 12.1. The van der Waals surface area contributed by atoms with E-state index in [9.17, 15) is 9.90 Å². The summed E-state index contributed by atoms with van der Waals surface area (Å²) < 4.78 is 11.1. The Hall–Kier alpha value is -2.69. The maximum absolute atomic E-state index is 12.1. The molecule has 102 valence electrons. The zero-order valence-corrected chi connectivity index (χ0v) is 10.6. The van der Waals surface area contributed by atoms with Crippen LogP contribution in [-0.2, 0) is 4.79 Å². The van der Waals surface area contributed by atoms with Crippen molar-refractivity contribution in [1.29, 1.82) is 0 Å². The van der Waals surface area contributed by atoms with Gasteiger partial charge in [-0.05, 0) is 24.3 Å². The topological polar surface area (TPSA) is 67.8 Å². The van der Waals surface area contributed by atoms with Gasteiger partial charge in [-0.3, -0.25) is 4.79 Å². The quantitative estimate of drug-likeness (QED) is 0.878. The Kier molecular flexibility index (Phi) is 3.16. The van der Waals surface area contributed by atoms with E-state index >= 15 is 0 Å². The Labute approximate surface area is 115 Å². The van der Waals surface area contributed by atoms with Crippen LogP contribution in [0.3, 0.4) is 0 Å². The second-order valence-electron chi connectivity index (χ2n) is 4.40. The van der Waals surface area contributed by atoms with Crippen molar-refractivity contribution in [3.63, 3.8) is 0 Å². The van der Waals surface area contributed by atoms with Gasteiger partial charge >= 0.3 is 0 Å². The minimum absolute atomic E-state index is 0.0916. The normalized spacial score (nSPS) is 16.5. The predicted molar refractivity (Wildman–Crippen MR) is 73.1 cm³/mol. The Morgan fingerprint density at radius 2 is 1.95 bits per heavy atom. The first-order valence-corrected chi connectivity index (χ1v) is 6.21. The fraction of sp³-hybridized carbons (Fsp3) is 0.133. The minimum Gasteiger partial charge on any atom is -0.508 e. The number of para-hydroxylation sites is 2. The minimum atomic E-state index is -0.716. The lowest BCUT2D eigenvalue weighted by molar-refractivity contribution is -0.125. The fourth-order valence-corrected chi connectivity index (χ4v) is 1.96. The van der Waals surface area contributed by atoms with Crippen molar-refractivity contribution in [3.8, 4) is 17.2 Å². The van der Waals surface area contributed by atoms with E-state index in [1.165, 1.54) is 12.1 Å². The number of benzene rings is 2. The summed E-state index contributed by atoms with van der Waals surface area (Å²) in [6.45, 7) is 0.154. The summed E-state index contributed by atoms with van der Waals surface area (Å²) >= 11 is 0. The standard InChI is InChI=1S/C15H13NO4/c17-11-5-3-4-10(8-11)16-15(18)14-9-19-12-6-1-2-7-13(12)20-14/h1-8,14,17H,9H2,(H,16,18). The number of rotatable bonds is 2. The molecule has 0 fully saturated rings. The first-order chi connectivity index (χ1) is 9.72. The van der Waals surface area contributed by atoms with E-state index in [-0.39, 0.29) is 18.3 Å². The van der Waals surface area contributed by atoms with Crippen molar-refractivity contribution in [2.45, 2.75) is 6.10 Å². The van der Waals surface area contributed by atoms with Gasteiger partial charge in [0.05, 0.1) is 0 Å². The van der Waals surface area contributed by atoms with Crippen LogP contribution in [0.5, 0.6) is 17.2 Å². The van der Waals surface area contributed by atoms with Crippen LogP contribution in [0, 0.1) is 0 Å². The number of hydrogen-bond acceptors (Lipinski definition) is 4. The molecule has 0 radical (unpaired) electrons. The number of phenols is 1. The van der Waals surface area contributed by atoms with Gasteiger partial charge in [0.1, 0.15) is 12.4 Å². The van der Waals surface area contributed by atoms with E-state index < -0.39 is 6.10 Å². The fourth-order valence-electron chi connectivity index (χ4n) is 1.96. The van der Waals surface area contributed by atoms with Crippen molar-refractivity contribution < 1.29 is 19.4 Å². The van der Waals surface area contributed by atoms with E-state index in [1.54, 1.807) is 24.3 Å². The monoisotopic (exact) mass is 271 g/mol. The van der Waals surface area contributed by atoms with Gasteiger partial charge in [0.25, 0.3) is 5.91 Å². The Morgan fingerprint density at radius 3 is 2.75 bits per heavy atom. The van der Waals surface area contributed by atoms with Crippen molar-refractivity contribution in [3.05, 3.63) is 48.5 Å². The SMILES string of the molecule is O=C(Nc1cccc(O)c1)C1COc2ccccc2O1. The third-order valence-electron chi connectivity index (χ3n) is 2.91. The third kappa shape index (κ3) is 2.51. The molecular formula is C15H13NO4. The average molecular weight is 271 g/mol. The highest BCUT2D eigenvalue weighted by molar-refractivity contribution is 5.94. The van der Waals surface area contributed by atoms with Crippen LogP contribution in [0.15, 0.2) is 48.5 Å². The van der Waals surface area contributed by atoms with Gasteiger partial charge in [0.15, 0.2) is 11.5 Å². The summed E-state index contributed by atoms with van der Waals surface area (Å²) in [5, 5.41) is 12.0. The summed E-state index contributed by atoms with van der Waals surface area (Å²) in [5.74, 6) is 0.961. The first kappa shape index (κ1) is 12.3. The van der Waals surface area contributed by atoms with Gasteiger partial charge in [-0.2, -0.15) is 0 Å². The Balaban J connectivity index is 1.70. The average Bonchev–Trinajstić information content (AvgIpc) is 2.47. The highest BCUT2D eigenvalue weighted by Crippen LogP contribution is 2.31. The molecule has 3 rings (SSSR count). The number of phenolic OH excluding ortho intramolecular Hbond substituents is 1. The lowest BCUT2D eigenvalue weighted by atomic mass is 10.2. The van der Waals surface area contributed by atoms with Gasteiger partial charge in [0, 0.05) is 11.8 Å². The molecule has 0 aromatic heterocycles. The molecule has 2 N–H and O–H groups in total.